The summed E-state index contributed by atoms with van der Waals surface area (Å²) in [6, 6.07) is 9.29. The van der Waals surface area contributed by atoms with Crippen LogP contribution in [0.4, 0.5) is 0 Å². The molecule has 0 amide bonds. The minimum Gasteiger partial charge on any atom is -0.493 e. The molecule has 0 spiro atoms. The minimum atomic E-state index is -0.816. The van der Waals surface area contributed by atoms with Gasteiger partial charge >= 0.3 is 0 Å². The van der Waals surface area contributed by atoms with Crippen LogP contribution in [0.3, 0.4) is 0 Å². The van der Waals surface area contributed by atoms with Gasteiger partial charge in [-0.3, -0.25) is 0 Å². The van der Waals surface area contributed by atoms with Crippen molar-refractivity contribution in [1.82, 2.24) is 5.32 Å². The van der Waals surface area contributed by atoms with Gasteiger partial charge in [-0.05, 0) is 64.2 Å². The molecule has 2 aromatic rings. The third-order valence-corrected chi connectivity index (χ3v) is 5.77. The second-order valence-corrected chi connectivity index (χ2v) is 8.17. The Balaban J connectivity index is 0.00000272. The van der Waals surface area contributed by atoms with Gasteiger partial charge in [0.15, 0.2) is 23.0 Å². The van der Waals surface area contributed by atoms with Crippen molar-refractivity contribution >= 4 is 28.3 Å². The Kier molecular flexibility index (Phi) is 8.68. The van der Waals surface area contributed by atoms with E-state index in [1.165, 1.54) is 0 Å². The van der Waals surface area contributed by atoms with Crippen LogP contribution in [0, 0.1) is 0 Å². The lowest BCUT2D eigenvalue weighted by Gasteiger charge is -2.18. The Morgan fingerprint density at radius 3 is 2.84 bits per heavy atom. The van der Waals surface area contributed by atoms with Gasteiger partial charge < -0.3 is 34.1 Å². The summed E-state index contributed by atoms with van der Waals surface area (Å²) in [6.07, 6.45) is 1.73. The number of aliphatic hydroxyl groups excluding tert-OH is 1. The van der Waals surface area contributed by atoms with Crippen LogP contribution in [-0.2, 0) is 11.3 Å². The molecule has 2 heterocycles. The summed E-state index contributed by atoms with van der Waals surface area (Å²) in [7, 11) is 1.60. The molecule has 31 heavy (non-hydrogen) atoms. The van der Waals surface area contributed by atoms with E-state index < -0.39 is 6.10 Å². The second-order valence-electron chi connectivity index (χ2n) is 7.31. The van der Waals surface area contributed by atoms with Crippen molar-refractivity contribution in [2.75, 3.05) is 33.7 Å². The van der Waals surface area contributed by atoms with E-state index in [0.29, 0.717) is 41.2 Å². The predicted molar refractivity (Wildman–Crippen MR) is 122 cm³/mol. The molecule has 7 nitrogen and oxygen atoms in total. The molecule has 2 unspecified atom stereocenters. The number of rotatable bonds is 9. The third kappa shape index (κ3) is 5.96. The Labute approximate surface area is 196 Å². The SMILES string of the molecule is COc1cc(CNCC2CCCO2)cc(Br)c1OCC(O)c1ccc2c(c1)OCO2.Cl. The van der Waals surface area contributed by atoms with E-state index in [1.807, 2.05) is 12.1 Å². The van der Waals surface area contributed by atoms with Gasteiger partial charge in [0.25, 0.3) is 0 Å². The largest absolute Gasteiger partial charge is 0.493 e. The first kappa shape index (κ1) is 23.9. The van der Waals surface area contributed by atoms with Crippen LogP contribution in [0.2, 0.25) is 0 Å². The summed E-state index contributed by atoms with van der Waals surface area (Å²) in [4.78, 5) is 0. The molecule has 2 N–H and O–H groups in total. The van der Waals surface area contributed by atoms with Crippen LogP contribution in [-0.4, -0.2) is 44.9 Å². The molecule has 1 saturated heterocycles. The summed E-state index contributed by atoms with van der Waals surface area (Å²) in [5.74, 6) is 2.47. The fourth-order valence-corrected chi connectivity index (χ4v) is 4.18. The zero-order valence-electron chi connectivity index (χ0n) is 17.3. The lowest BCUT2D eigenvalue weighted by atomic mass is 10.1. The van der Waals surface area contributed by atoms with E-state index in [9.17, 15) is 5.11 Å². The number of fused-ring (bicyclic) bond motifs is 1. The number of nitrogens with one attached hydrogen (secondary N) is 1. The number of methoxy groups -OCH3 is 1. The van der Waals surface area contributed by atoms with Gasteiger partial charge in [-0.1, -0.05) is 6.07 Å². The zero-order valence-corrected chi connectivity index (χ0v) is 19.7. The molecule has 0 aliphatic carbocycles. The number of halogens is 2. The first-order valence-corrected chi connectivity index (χ1v) is 10.8. The van der Waals surface area contributed by atoms with Gasteiger partial charge in [0, 0.05) is 19.7 Å². The third-order valence-electron chi connectivity index (χ3n) is 5.18. The summed E-state index contributed by atoms with van der Waals surface area (Å²) < 4.78 is 28.5. The molecule has 4 rings (SSSR count). The molecule has 170 valence electrons. The van der Waals surface area contributed by atoms with Gasteiger partial charge in [-0.2, -0.15) is 0 Å². The monoisotopic (exact) mass is 515 g/mol. The van der Waals surface area contributed by atoms with Crippen LogP contribution in [0.1, 0.15) is 30.1 Å². The van der Waals surface area contributed by atoms with Crippen molar-refractivity contribution in [3.05, 3.63) is 45.9 Å². The summed E-state index contributed by atoms with van der Waals surface area (Å²) >= 11 is 3.57. The maximum atomic E-state index is 10.5. The average molecular weight is 517 g/mol. The molecule has 2 aliphatic rings. The fourth-order valence-electron chi connectivity index (χ4n) is 3.58. The standard InChI is InChI=1S/C22H26BrNO6.ClH/c1-26-21-8-14(10-24-11-16-3-2-6-27-16)7-17(23)22(21)28-12-18(25)15-4-5-19-20(9-15)30-13-29-19;/h4-5,7-9,16,18,24-25H,2-3,6,10-13H2,1H3;1H. The van der Waals surface area contributed by atoms with E-state index in [0.717, 1.165) is 36.0 Å². The van der Waals surface area contributed by atoms with Crippen LogP contribution >= 0.6 is 28.3 Å². The van der Waals surface area contributed by atoms with Gasteiger partial charge in [-0.15, -0.1) is 12.4 Å². The van der Waals surface area contributed by atoms with Gasteiger partial charge in [0.1, 0.15) is 12.7 Å². The maximum absolute atomic E-state index is 10.5. The van der Waals surface area contributed by atoms with Crippen molar-refractivity contribution in [1.29, 1.82) is 0 Å². The van der Waals surface area contributed by atoms with Crippen LogP contribution in [0.25, 0.3) is 0 Å². The first-order valence-electron chi connectivity index (χ1n) is 10.0. The fraction of sp³-hybridized carbons (Fsp3) is 0.455. The number of hydrogen-bond acceptors (Lipinski definition) is 7. The van der Waals surface area contributed by atoms with Crippen molar-refractivity contribution in [2.24, 2.45) is 0 Å². The van der Waals surface area contributed by atoms with E-state index in [1.54, 1.807) is 25.3 Å². The molecule has 2 aromatic carbocycles. The topological polar surface area (TPSA) is 78.4 Å². The van der Waals surface area contributed by atoms with Crippen molar-refractivity contribution in [3.63, 3.8) is 0 Å². The Hall–Kier alpha value is -1.71. The van der Waals surface area contributed by atoms with Gasteiger partial charge in [0.2, 0.25) is 6.79 Å². The zero-order chi connectivity index (χ0) is 20.9. The Morgan fingerprint density at radius 1 is 1.23 bits per heavy atom. The highest BCUT2D eigenvalue weighted by Crippen LogP contribution is 2.38. The number of aliphatic hydroxyl groups is 1. The molecule has 2 atom stereocenters. The quantitative estimate of drug-likeness (QED) is 0.522. The van der Waals surface area contributed by atoms with Gasteiger partial charge in [-0.25, -0.2) is 0 Å². The molecule has 1 fully saturated rings. The summed E-state index contributed by atoms with van der Waals surface area (Å²) in [6.45, 7) is 2.67. The van der Waals surface area contributed by atoms with E-state index in [4.69, 9.17) is 23.7 Å². The molecule has 9 heteroatoms. The molecule has 0 aromatic heterocycles. The molecule has 0 bridgehead atoms. The Morgan fingerprint density at radius 2 is 2.06 bits per heavy atom. The maximum Gasteiger partial charge on any atom is 0.231 e. The number of benzene rings is 2. The molecule has 0 saturated carbocycles. The minimum absolute atomic E-state index is 0. The smallest absolute Gasteiger partial charge is 0.231 e. The van der Waals surface area contributed by atoms with E-state index in [-0.39, 0.29) is 25.8 Å². The molecule has 2 aliphatic heterocycles. The first-order chi connectivity index (χ1) is 14.6. The highest BCUT2D eigenvalue weighted by Gasteiger charge is 2.19. The van der Waals surface area contributed by atoms with Crippen LogP contribution in [0.15, 0.2) is 34.8 Å². The molecular weight excluding hydrogens is 490 g/mol. The Bertz CT molecular complexity index is 877. The predicted octanol–water partition coefficient (Wildman–Crippen LogP) is 3.99. The number of ether oxygens (including phenoxy) is 5. The lowest BCUT2D eigenvalue weighted by Crippen LogP contribution is -2.25. The van der Waals surface area contributed by atoms with E-state index in [2.05, 4.69) is 21.2 Å². The number of hydrogen-bond donors (Lipinski definition) is 2. The summed E-state index contributed by atoms with van der Waals surface area (Å²) in [5.41, 5.74) is 1.77. The van der Waals surface area contributed by atoms with Gasteiger partial charge in [0.05, 0.1) is 17.7 Å². The van der Waals surface area contributed by atoms with E-state index >= 15 is 0 Å². The summed E-state index contributed by atoms with van der Waals surface area (Å²) in [5, 5.41) is 14.0. The normalized spacial score (nSPS) is 17.8. The molecular formula is C22H27BrClNO6. The average Bonchev–Trinajstić information content (AvgIpc) is 3.43. The van der Waals surface area contributed by atoms with Crippen molar-refractivity contribution < 1.29 is 28.8 Å². The van der Waals surface area contributed by atoms with Crippen LogP contribution < -0.4 is 24.3 Å². The van der Waals surface area contributed by atoms with Crippen LogP contribution in [0.5, 0.6) is 23.0 Å². The lowest BCUT2D eigenvalue weighted by molar-refractivity contribution is 0.105. The highest BCUT2D eigenvalue weighted by atomic mass is 79.9. The second kappa shape index (κ2) is 11.2. The van der Waals surface area contributed by atoms with Crippen molar-refractivity contribution in [2.45, 2.75) is 31.6 Å². The molecule has 0 radical (unpaired) electrons. The highest BCUT2D eigenvalue weighted by molar-refractivity contribution is 9.10. The van der Waals surface area contributed by atoms with Crippen molar-refractivity contribution in [3.8, 4) is 23.0 Å².